The Morgan fingerprint density at radius 1 is 0.900 bits per heavy atom. The van der Waals surface area contributed by atoms with E-state index in [9.17, 15) is 4.79 Å². The first-order valence-corrected chi connectivity index (χ1v) is 7.38. The molecular weight excluding hydrogens is 288 g/mol. The fourth-order valence-electron chi connectivity index (χ4n) is 2.07. The molecule has 0 spiro atoms. The number of halogens is 1. The van der Waals surface area contributed by atoms with Gasteiger partial charge in [-0.25, -0.2) is 0 Å². The molecule has 20 heavy (non-hydrogen) atoms. The van der Waals surface area contributed by atoms with Gasteiger partial charge >= 0.3 is 0 Å². The van der Waals surface area contributed by atoms with Crippen molar-refractivity contribution in [1.29, 1.82) is 0 Å². The highest BCUT2D eigenvalue weighted by molar-refractivity contribution is 7.99. The molecule has 0 atom stereocenters. The Morgan fingerprint density at radius 2 is 1.70 bits per heavy atom. The third-order valence-electron chi connectivity index (χ3n) is 3.07. The van der Waals surface area contributed by atoms with Crippen LogP contribution in [-0.2, 0) is 0 Å². The molecular formula is C17H11ClOS. The van der Waals surface area contributed by atoms with Crippen molar-refractivity contribution in [3.05, 3.63) is 71.2 Å². The Kier molecular flexibility index (Phi) is 3.77. The summed E-state index contributed by atoms with van der Waals surface area (Å²) in [7, 11) is 0. The molecule has 3 aromatic carbocycles. The van der Waals surface area contributed by atoms with E-state index in [0.717, 1.165) is 16.1 Å². The van der Waals surface area contributed by atoms with Crippen molar-refractivity contribution in [3.8, 4) is 0 Å². The van der Waals surface area contributed by atoms with Gasteiger partial charge in [0.15, 0.2) is 6.29 Å². The van der Waals surface area contributed by atoms with E-state index in [1.54, 1.807) is 18.2 Å². The van der Waals surface area contributed by atoms with Crippen LogP contribution in [0.1, 0.15) is 10.4 Å². The van der Waals surface area contributed by atoms with Crippen molar-refractivity contribution < 1.29 is 4.79 Å². The summed E-state index contributed by atoms with van der Waals surface area (Å²) in [6, 6.07) is 19.8. The van der Waals surface area contributed by atoms with Crippen LogP contribution in [0.5, 0.6) is 0 Å². The molecule has 0 saturated carbocycles. The molecule has 3 aromatic rings. The molecule has 0 aliphatic heterocycles. The molecule has 0 saturated heterocycles. The fraction of sp³-hybridized carbons (Fsp3) is 0. The smallest absolute Gasteiger partial charge is 0.151 e. The summed E-state index contributed by atoms with van der Waals surface area (Å²) in [4.78, 5) is 13.0. The third-order valence-corrected chi connectivity index (χ3v) is 4.64. The molecule has 0 aliphatic carbocycles. The summed E-state index contributed by atoms with van der Waals surface area (Å²) >= 11 is 7.71. The van der Waals surface area contributed by atoms with E-state index < -0.39 is 0 Å². The quantitative estimate of drug-likeness (QED) is 0.597. The zero-order chi connectivity index (χ0) is 13.9. The number of rotatable bonds is 3. The lowest BCUT2D eigenvalue weighted by Crippen LogP contribution is -1.86. The minimum absolute atomic E-state index is 0.604. The van der Waals surface area contributed by atoms with Crippen LogP contribution in [0.2, 0.25) is 5.02 Å². The number of fused-ring (bicyclic) bond motifs is 1. The monoisotopic (exact) mass is 298 g/mol. The number of carbonyl (C=O) groups excluding carboxylic acids is 1. The summed E-state index contributed by atoms with van der Waals surface area (Å²) in [5.74, 6) is 0. The van der Waals surface area contributed by atoms with Gasteiger partial charge in [0.25, 0.3) is 0 Å². The van der Waals surface area contributed by atoms with Crippen LogP contribution < -0.4 is 0 Å². The van der Waals surface area contributed by atoms with E-state index >= 15 is 0 Å². The Bertz CT molecular complexity index is 783. The normalized spacial score (nSPS) is 10.7. The van der Waals surface area contributed by atoms with Crippen LogP contribution in [-0.4, -0.2) is 6.29 Å². The number of benzene rings is 3. The second-order valence-electron chi connectivity index (χ2n) is 4.39. The van der Waals surface area contributed by atoms with Crippen molar-refractivity contribution in [3.63, 3.8) is 0 Å². The van der Waals surface area contributed by atoms with Crippen LogP contribution in [0.4, 0.5) is 0 Å². The summed E-state index contributed by atoms with van der Waals surface area (Å²) < 4.78 is 0. The Balaban J connectivity index is 2.03. The van der Waals surface area contributed by atoms with Crippen molar-refractivity contribution >= 4 is 40.4 Å². The third kappa shape index (κ3) is 2.58. The minimum Gasteiger partial charge on any atom is -0.298 e. The van der Waals surface area contributed by atoms with Crippen molar-refractivity contribution in [2.75, 3.05) is 0 Å². The standard InChI is InChI=1S/C17H11ClOS/c18-16-7-3-6-14(11-19)17(16)20-15-9-8-12-4-1-2-5-13(12)10-15/h1-11H. The van der Waals surface area contributed by atoms with Crippen LogP contribution in [0, 0.1) is 0 Å². The predicted octanol–water partition coefficient (Wildman–Crippen LogP) is 5.46. The molecule has 0 aliphatic rings. The van der Waals surface area contributed by atoms with Gasteiger partial charge < -0.3 is 0 Å². The molecule has 0 heterocycles. The second-order valence-corrected chi connectivity index (χ2v) is 5.88. The number of aldehydes is 1. The first-order valence-electron chi connectivity index (χ1n) is 6.18. The molecule has 0 radical (unpaired) electrons. The molecule has 0 bridgehead atoms. The van der Waals surface area contributed by atoms with Crippen LogP contribution in [0.15, 0.2) is 70.5 Å². The fourth-order valence-corrected chi connectivity index (χ4v) is 3.33. The maximum Gasteiger partial charge on any atom is 0.151 e. The molecule has 3 heteroatoms. The van der Waals surface area contributed by atoms with Crippen molar-refractivity contribution in [2.24, 2.45) is 0 Å². The Morgan fingerprint density at radius 3 is 2.50 bits per heavy atom. The van der Waals surface area contributed by atoms with Crippen molar-refractivity contribution in [2.45, 2.75) is 9.79 Å². The van der Waals surface area contributed by atoms with Gasteiger partial charge in [-0.15, -0.1) is 0 Å². The summed E-state index contributed by atoms with van der Waals surface area (Å²) in [5, 5.41) is 2.98. The second kappa shape index (κ2) is 5.70. The lowest BCUT2D eigenvalue weighted by Gasteiger charge is -2.08. The lowest BCUT2D eigenvalue weighted by atomic mass is 10.1. The van der Waals surface area contributed by atoms with Crippen LogP contribution >= 0.6 is 23.4 Å². The van der Waals surface area contributed by atoms with Gasteiger partial charge in [0.1, 0.15) is 0 Å². The number of carbonyl (C=O) groups is 1. The van der Waals surface area contributed by atoms with Gasteiger partial charge in [-0.05, 0) is 29.0 Å². The minimum atomic E-state index is 0.604. The predicted molar refractivity (Wildman–Crippen MR) is 84.9 cm³/mol. The first-order chi connectivity index (χ1) is 9.78. The Labute approximate surface area is 126 Å². The van der Waals surface area contributed by atoms with E-state index in [4.69, 9.17) is 11.6 Å². The van der Waals surface area contributed by atoms with Gasteiger partial charge in [0.05, 0.1) is 5.02 Å². The van der Waals surface area contributed by atoms with E-state index in [2.05, 4.69) is 24.3 Å². The molecule has 0 unspecified atom stereocenters. The van der Waals surface area contributed by atoms with Gasteiger partial charge in [0, 0.05) is 15.4 Å². The Hall–Kier alpha value is -1.77. The number of hydrogen-bond acceptors (Lipinski definition) is 2. The molecule has 3 rings (SSSR count). The van der Waals surface area contributed by atoms with E-state index in [-0.39, 0.29) is 0 Å². The maximum absolute atomic E-state index is 11.1. The van der Waals surface area contributed by atoms with Crippen LogP contribution in [0.3, 0.4) is 0 Å². The lowest BCUT2D eigenvalue weighted by molar-refractivity contribution is 0.112. The number of hydrogen-bond donors (Lipinski definition) is 0. The summed E-state index contributed by atoms with van der Waals surface area (Å²) in [5.41, 5.74) is 0.621. The highest BCUT2D eigenvalue weighted by Crippen LogP contribution is 2.36. The molecule has 0 N–H and O–H groups in total. The molecule has 0 aromatic heterocycles. The van der Waals surface area contributed by atoms with E-state index in [0.29, 0.717) is 10.6 Å². The summed E-state index contributed by atoms with van der Waals surface area (Å²) in [6.07, 6.45) is 0.843. The van der Waals surface area contributed by atoms with Gasteiger partial charge in [0.2, 0.25) is 0 Å². The maximum atomic E-state index is 11.1. The first kappa shape index (κ1) is 13.2. The van der Waals surface area contributed by atoms with E-state index in [1.807, 2.05) is 18.2 Å². The van der Waals surface area contributed by atoms with Crippen LogP contribution in [0.25, 0.3) is 10.8 Å². The van der Waals surface area contributed by atoms with Gasteiger partial charge in [-0.1, -0.05) is 65.8 Å². The highest BCUT2D eigenvalue weighted by atomic mass is 35.5. The average Bonchev–Trinajstić information content (AvgIpc) is 2.49. The average molecular weight is 299 g/mol. The zero-order valence-corrected chi connectivity index (χ0v) is 12.1. The van der Waals surface area contributed by atoms with E-state index in [1.165, 1.54) is 22.5 Å². The molecule has 0 fully saturated rings. The molecule has 0 amide bonds. The topological polar surface area (TPSA) is 17.1 Å². The SMILES string of the molecule is O=Cc1cccc(Cl)c1Sc1ccc2ccccc2c1. The molecule has 98 valence electrons. The van der Waals surface area contributed by atoms with Gasteiger partial charge in [-0.2, -0.15) is 0 Å². The zero-order valence-electron chi connectivity index (χ0n) is 10.5. The highest BCUT2D eigenvalue weighted by Gasteiger charge is 2.08. The van der Waals surface area contributed by atoms with Crippen molar-refractivity contribution in [1.82, 2.24) is 0 Å². The molecule has 1 nitrogen and oxygen atoms in total. The largest absolute Gasteiger partial charge is 0.298 e. The van der Waals surface area contributed by atoms with Gasteiger partial charge in [-0.3, -0.25) is 4.79 Å². The summed E-state index contributed by atoms with van der Waals surface area (Å²) in [6.45, 7) is 0.